The number of hydrogen-bond acceptors (Lipinski definition) is 3. The van der Waals surface area contributed by atoms with Crippen molar-refractivity contribution >= 4 is 8.32 Å². The van der Waals surface area contributed by atoms with Crippen LogP contribution >= 0.6 is 0 Å². The van der Waals surface area contributed by atoms with Crippen LogP contribution in [0, 0.1) is 13.8 Å². The number of aliphatic hydroxyl groups excluding tert-OH is 1. The molecule has 0 bridgehead atoms. The van der Waals surface area contributed by atoms with Crippen LogP contribution in [-0.4, -0.2) is 19.0 Å². The highest BCUT2D eigenvalue weighted by Crippen LogP contribution is 2.48. The first kappa shape index (κ1) is 32.4. The summed E-state index contributed by atoms with van der Waals surface area (Å²) in [6, 6.07) is 2.04. The van der Waals surface area contributed by atoms with E-state index in [2.05, 4.69) is 101 Å². The number of rotatable bonds is 11. The number of ether oxygens (including phenoxy) is 1. The molecule has 4 heteroatoms. The molecule has 1 aromatic rings. The van der Waals surface area contributed by atoms with Gasteiger partial charge in [0.15, 0.2) is 0 Å². The molecule has 0 fully saturated rings. The van der Waals surface area contributed by atoms with Gasteiger partial charge in [-0.3, -0.25) is 0 Å². The standard InChI is InChI=1S/C34H56O3Si/c1-24(2)16-13-17-25(3)18-14-19-26(4)20-15-21-34(10)23-30(35)29-22-31(27(5)28(6)32(29)36-34)37-38(11,12)33(7,8)9/h16,18,20,22,30,35H,13-15,17,19,21,23H2,1-12H3/b25-18+,26-20+. The molecule has 1 aliphatic heterocycles. The Morgan fingerprint density at radius 2 is 1.55 bits per heavy atom. The number of aliphatic hydroxyl groups is 1. The lowest BCUT2D eigenvalue weighted by atomic mass is 9.85. The first-order valence-corrected chi connectivity index (χ1v) is 17.5. The fraction of sp³-hybridized carbons (Fsp3) is 0.647. The maximum Gasteiger partial charge on any atom is 0.250 e. The fourth-order valence-electron chi connectivity index (χ4n) is 4.73. The van der Waals surface area contributed by atoms with Crippen LogP contribution in [0.3, 0.4) is 0 Å². The van der Waals surface area contributed by atoms with Crippen LogP contribution in [-0.2, 0) is 0 Å². The van der Waals surface area contributed by atoms with E-state index in [-0.39, 0.29) is 10.6 Å². The molecule has 0 amide bonds. The molecule has 0 aromatic heterocycles. The highest BCUT2D eigenvalue weighted by molar-refractivity contribution is 6.74. The van der Waals surface area contributed by atoms with Crippen LogP contribution in [0.25, 0.3) is 0 Å². The fourth-order valence-corrected chi connectivity index (χ4v) is 5.79. The van der Waals surface area contributed by atoms with Gasteiger partial charge in [-0.25, -0.2) is 0 Å². The molecular weight excluding hydrogens is 484 g/mol. The van der Waals surface area contributed by atoms with Crippen molar-refractivity contribution in [1.82, 2.24) is 0 Å². The maximum atomic E-state index is 11.2. The minimum Gasteiger partial charge on any atom is -0.543 e. The third-order valence-corrected chi connectivity index (χ3v) is 13.0. The third kappa shape index (κ3) is 8.88. The summed E-state index contributed by atoms with van der Waals surface area (Å²) in [5, 5.41) is 11.3. The van der Waals surface area contributed by atoms with Gasteiger partial charge in [0.2, 0.25) is 8.32 Å². The summed E-state index contributed by atoms with van der Waals surface area (Å²) >= 11 is 0. The van der Waals surface area contributed by atoms with Crippen LogP contribution < -0.4 is 9.16 Å². The summed E-state index contributed by atoms with van der Waals surface area (Å²) < 4.78 is 13.3. The second-order valence-electron chi connectivity index (χ2n) is 13.7. The predicted octanol–water partition coefficient (Wildman–Crippen LogP) is 10.5. The zero-order valence-electron chi connectivity index (χ0n) is 26.6. The van der Waals surface area contributed by atoms with E-state index >= 15 is 0 Å². The van der Waals surface area contributed by atoms with Crippen molar-refractivity contribution in [2.75, 3.05) is 0 Å². The van der Waals surface area contributed by atoms with Crippen molar-refractivity contribution in [1.29, 1.82) is 0 Å². The van der Waals surface area contributed by atoms with Gasteiger partial charge in [-0.2, -0.15) is 0 Å². The molecule has 1 aliphatic rings. The van der Waals surface area contributed by atoms with Crippen molar-refractivity contribution in [3.63, 3.8) is 0 Å². The molecule has 1 aromatic carbocycles. The highest BCUT2D eigenvalue weighted by Gasteiger charge is 2.41. The molecule has 3 nitrogen and oxygen atoms in total. The van der Waals surface area contributed by atoms with Crippen LogP contribution in [0.15, 0.2) is 41.0 Å². The monoisotopic (exact) mass is 540 g/mol. The van der Waals surface area contributed by atoms with E-state index in [4.69, 9.17) is 9.16 Å². The van der Waals surface area contributed by atoms with Gasteiger partial charge in [0.25, 0.3) is 0 Å². The van der Waals surface area contributed by atoms with Crippen LogP contribution in [0.1, 0.15) is 123 Å². The van der Waals surface area contributed by atoms with Crippen LogP contribution in [0.4, 0.5) is 0 Å². The Morgan fingerprint density at radius 3 is 2.11 bits per heavy atom. The number of benzene rings is 1. The number of allylic oxidation sites excluding steroid dienone is 6. The topological polar surface area (TPSA) is 38.7 Å². The molecule has 0 saturated carbocycles. The zero-order valence-corrected chi connectivity index (χ0v) is 27.6. The lowest BCUT2D eigenvalue weighted by molar-refractivity contribution is -0.00711. The molecule has 0 aliphatic carbocycles. The van der Waals surface area contributed by atoms with Crippen LogP contribution in [0.5, 0.6) is 11.5 Å². The molecule has 0 radical (unpaired) electrons. The quantitative estimate of drug-likeness (QED) is 0.224. The molecular formula is C34H56O3Si. The second-order valence-corrected chi connectivity index (χ2v) is 18.4. The molecule has 0 spiro atoms. The van der Waals surface area contributed by atoms with E-state index in [1.54, 1.807) is 0 Å². The normalized spacial score (nSPS) is 20.6. The molecule has 0 saturated heterocycles. The van der Waals surface area contributed by atoms with E-state index in [1.165, 1.54) is 16.7 Å². The molecule has 2 atom stereocenters. The Labute approximate surface area is 235 Å². The lowest BCUT2D eigenvalue weighted by Crippen LogP contribution is -2.44. The zero-order chi connectivity index (χ0) is 28.9. The third-order valence-electron chi connectivity index (χ3n) is 8.61. The van der Waals surface area contributed by atoms with Crippen molar-refractivity contribution in [3.05, 3.63) is 57.7 Å². The van der Waals surface area contributed by atoms with Gasteiger partial charge in [-0.05, 0) is 122 Å². The van der Waals surface area contributed by atoms with E-state index in [1.807, 2.05) is 6.07 Å². The van der Waals surface area contributed by atoms with Gasteiger partial charge < -0.3 is 14.3 Å². The number of hydrogen-bond donors (Lipinski definition) is 1. The van der Waals surface area contributed by atoms with Gasteiger partial charge in [-0.15, -0.1) is 0 Å². The Balaban J connectivity index is 2.04. The van der Waals surface area contributed by atoms with Crippen molar-refractivity contribution in [2.45, 2.75) is 144 Å². The average Bonchev–Trinajstić information content (AvgIpc) is 2.77. The number of fused-ring (bicyclic) bond motifs is 1. The van der Waals surface area contributed by atoms with Crippen molar-refractivity contribution in [3.8, 4) is 11.5 Å². The Kier molecular flexibility index (Phi) is 11.1. The van der Waals surface area contributed by atoms with Gasteiger partial charge in [-0.1, -0.05) is 55.7 Å². The summed E-state index contributed by atoms with van der Waals surface area (Å²) in [7, 11) is -1.99. The first-order chi connectivity index (χ1) is 17.5. The Morgan fingerprint density at radius 1 is 1.00 bits per heavy atom. The predicted molar refractivity (Wildman–Crippen MR) is 167 cm³/mol. The summed E-state index contributed by atoms with van der Waals surface area (Å²) in [4.78, 5) is 0. The van der Waals surface area contributed by atoms with Gasteiger partial charge in [0, 0.05) is 12.0 Å². The Hall–Kier alpha value is -1.78. The average molecular weight is 541 g/mol. The summed E-state index contributed by atoms with van der Waals surface area (Å²) in [6.07, 6.45) is 13.4. The van der Waals surface area contributed by atoms with Crippen LogP contribution in [0.2, 0.25) is 18.1 Å². The molecule has 38 heavy (non-hydrogen) atoms. The summed E-state index contributed by atoms with van der Waals surface area (Å²) in [6.45, 7) is 26.5. The minimum absolute atomic E-state index is 0.114. The van der Waals surface area contributed by atoms with E-state index in [0.29, 0.717) is 6.42 Å². The van der Waals surface area contributed by atoms with E-state index in [9.17, 15) is 5.11 Å². The molecule has 214 valence electrons. The molecule has 2 rings (SSSR count). The molecule has 2 unspecified atom stereocenters. The smallest absolute Gasteiger partial charge is 0.250 e. The van der Waals surface area contributed by atoms with E-state index < -0.39 is 14.4 Å². The maximum absolute atomic E-state index is 11.2. The SMILES string of the molecule is CC(C)=CCC/C(C)=C/CC/C(C)=C/CCC1(C)CC(O)c2cc(O[Si](C)(C)C(C)(C)C)c(C)c(C)c2O1. The summed E-state index contributed by atoms with van der Waals surface area (Å²) in [5.41, 5.74) is 6.99. The minimum atomic E-state index is -1.99. The van der Waals surface area contributed by atoms with Crippen molar-refractivity contribution < 1.29 is 14.3 Å². The van der Waals surface area contributed by atoms with Gasteiger partial charge in [0.1, 0.15) is 17.1 Å². The largest absolute Gasteiger partial charge is 0.543 e. The first-order valence-electron chi connectivity index (χ1n) is 14.6. The second kappa shape index (κ2) is 13.0. The van der Waals surface area contributed by atoms with Gasteiger partial charge >= 0.3 is 0 Å². The molecule has 1 N–H and O–H groups in total. The Bertz CT molecular complexity index is 1050. The lowest BCUT2D eigenvalue weighted by Gasteiger charge is -2.41. The highest BCUT2D eigenvalue weighted by atomic mass is 28.4. The molecule has 1 heterocycles. The van der Waals surface area contributed by atoms with Gasteiger partial charge in [0.05, 0.1) is 6.10 Å². The van der Waals surface area contributed by atoms with E-state index in [0.717, 1.165) is 66.7 Å². The van der Waals surface area contributed by atoms with Crippen molar-refractivity contribution in [2.24, 2.45) is 0 Å². The summed E-state index contributed by atoms with van der Waals surface area (Å²) in [5.74, 6) is 1.75.